The lowest BCUT2D eigenvalue weighted by molar-refractivity contribution is 0.0957. The molecule has 1 aliphatic rings. The molecule has 1 unspecified atom stereocenters. The normalized spacial score (nSPS) is 17.2. The van der Waals surface area contributed by atoms with E-state index in [4.69, 9.17) is 11.6 Å². The van der Waals surface area contributed by atoms with E-state index in [-0.39, 0.29) is 5.91 Å². The lowest BCUT2D eigenvalue weighted by Crippen LogP contribution is -2.30. The first kappa shape index (κ1) is 12.4. The Morgan fingerprint density at radius 1 is 1.75 bits per heavy atom. The SMILES string of the molecule is Cc1csc(C(=O)NCC(Br)C2CC2)c1Cl. The van der Waals surface area contributed by atoms with E-state index < -0.39 is 0 Å². The summed E-state index contributed by atoms with van der Waals surface area (Å²) in [6, 6.07) is 0. The van der Waals surface area contributed by atoms with E-state index in [1.54, 1.807) is 0 Å². The molecule has 88 valence electrons. The number of hydrogen-bond acceptors (Lipinski definition) is 2. The van der Waals surface area contributed by atoms with Gasteiger partial charge < -0.3 is 5.32 Å². The molecule has 0 aromatic carbocycles. The fourth-order valence-corrected chi connectivity index (χ4v) is 3.36. The summed E-state index contributed by atoms with van der Waals surface area (Å²) in [5.41, 5.74) is 0.967. The molecule has 1 saturated carbocycles. The number of carbonyl (C=O) groups is 1. The molecule has 0 saturated heterocycles. The predicted octanol–water partition coefficient (Wildman–Crippen LogP) is 3.61. The number of rotatable bonds is 4. The van der Waals surface area contributed by atoms with Gasteiger partial charge in [0.25, 0.3) is 5.91 Å². The molecule has 1 amide bonds. The summed E-state index contributed by atoms with van der Waals surface area (Å²) in [5, 5.41) is 5.40. The second-order valence-electron chi connectivity index (χ2n) is 4.13. The van der Waals surface area contributed by atoms with Crippen molar-refractivity contribution < 1.29 is 4.79 Å². The highest BCUT2D eigenvalue weighted by Gasteiger charge is 2.29. The highest BCUT2D eigenvalue weighted by Crippen LogP contribution is 2.36. The average Bonchev–Trinajstić information content (AvgIpc) is 3.04. The summed E-state index contributed by atoms with van der Waals surface area (Å²) in [6.07, 6.45) is 2.54. The molecule has 1 aliphatic carbocycles. The Bertz CT molecular complexity index is 403. The van der Waals surface area contributed by atoms with Crippen molar-refractivity contribution in [1.29, 1.82) is 0 Å². The van der Waals surface area contributed by atoms with Crippen LogP contribution in [-0.2, 0) is 0 Å². The molecule has 0 bridgehead atoms. The van der Waals surface area contributed by atoms with Crippen molar-refractivity contribution in [3.8, 4) is 0 Å². The average molecular weight is 323 g/mol. The molecule has 1 N–H and O–H groups in total. The Kier molecular flexibility index (Phi) is 3.93. The molecule has 0 spiro atoms. The Hall–Kier alpha value is -0.0600. The zero-order chi connectivity index (χ0) is 11.7. The summed E-state index contributed by atoms with van der Waals surface area (Å²) >= 11 is 11.0. The Morgan fingerprint density at radius 3 is 2.94 bits per heavy atom. The summed E-state index contributed by atoms with van der Waals surface area (Å²) in [5.74, 6) is 0.675. The van der Waals surface area contributed by atoms with E-state index in [0.29, 0.717) is 21.3 Å². The fraction of sp³-hybridized carbons (Fsp3) is 0.545. The van der Waals surface area contributed by atoms with Gasteiger partial charge in [0.2, 0.25) is 0 Å². The van der Waals surface area contributed by atoms with Crippen LogP contribution in [0.2, 0.25) is 5.02 Å². The molecule has 2 rings (SSSR count). The molecule has 1 aromatic heterocycles. The van der Waals surface area contributed by atoms with Crippen molar-refractivity contribution in [2.75, 3.05) is 6.54 Å². The molecular weight excluding hydrogens is 310 g/mol. The van der Waals surface area contributed by atoms with E-state index >= 15 is 0 Å². The van der Waals surface area contributed by atoms with Gasteiger partial charge in [0.15, 0.2) is 0 Å². The van der Waals surface area contributed by atoms with Gasteiger partial charge in [-0.15, -0.1) is 11.3 Å². The van der Waals surface area contributed by atoms with E-state index in [9.17, 15) is 4.79 Å². The van der Waals surface area contributed by atoms with Crippen LogP contribution in [0.5, 0.6) is 0 Å². The number of thiophene rings is 1. The minimum Gasteiger partial charge on any atom is -0.350 e. The van der Waals surface area contributed by atoms with E-state index in [0.717, 1.165) is 11.5 Å². The minimum absolute atomic E-state index is 0.0619. The molecule has 0 radical (unpaired) electrons. The number of aryl methyl sites for hydroxylation is 1. The van der Waals surface area contributed by atoms with Crippen molar-refractivity contribution >= 4 is 44.8 Å². The molecule has 1 atom stereocenters. The third kappa shape index (κ3) is 2.79. The molecule has 1 fully saturated rings. The van der Waals surface area contributed by atoms with Crippen LogP contribution in [-0.4, -0.2) is 17.3 Å². The lowest BCUT2D eigenvalue weighted by atomic mass is 10.3. The molecular formula is C11H13BrClNOS. The molecule has 2 nitrogen and oxygen atoms in total. The zero-order valence-corrected chi connectivity index (χ0v) is 12.1. The van der Waals surface area contributed by atoms with Gasteiger partial charge >= 0.3 is 0 Å². The van der Waals surface area contributed by atoms with E-state index in [1.165, 1.54) is 24.2 Å². The first-order chi connectivity index (χ1) is 7.59. The Morgan fingerprint density at radius 2 is 2.44 bits per heavy atom. The summed E-state index contributed by atoms with van der Waals surface area (Å²) in [7, 11) is 0. The van der Waals surface area contributed by atoms with E-state index in [2.05, 4.69) is 21.2 Å². The van der Waals surface area contributed by atoms with Crippen molar-refractivity contribution in [2.24, 2.45) is 5.92 Å². The van der Waals surface area contributed by atoms with E-state index in [1.807, 2.05) is 12.3 Å². The maximum absolute atomic E-state index is 11.8. The maximum Gasteiger partial charge on any atom is 0.262 e. The topological polar surface area (TPSA) is 29.1 Å². The van der Waals surface area contributed by atoms with Crippen molar-refractivity contribution in [1.82, 2.24) is 5.32 Å². The van der Waals surface area contributed by atoms with Crippen LogP contribution in [0.1, 0.15) is 28.1 Å². The third-order valence-corrected chi connectivity index (χ3v) is 5.46. The summed E-state index contributed by atoms with van der Waals surface area (Å²) in [6.45, 7) is 2.59. The van der Waals surface area contributed by atoms with Crippen molar-refractivity contribution in [2.45, 2.75) is 24.6 Å². The standard InChI is InChI=1S/C11H13BrClNOS/c1-6-5-16-10(9(6)13)11(15)14-4-8(12)7-2-3-7/h5,7-8H,2-4H2,1H3,(H,14,15). The largest absolute Gasteiger partial charge is 0.350 e. The van der Waals surface area contributed by atoms with Gasteiger partial charge in [0.05, 0.1) is 5.02 Å². The van der Waals surface area contributed by atoms with Gasteiger partial charge in [0.1, 0.15) is 4.88 Å². The van der Waals surface area contributed by atoms with Crippen LogP contribution >= 0.6 is 38.9 Å². The Balaban J connectivity index is 1.90. The minimum atomic E-state index is -0.0619. The zero-order valence-electron chi connectivity index (χ0n) is 8.93. The number of amides is 1. The second-order valence-corrected chi connectivity index (χ2v) is 6.56. The van der Waals surface area contributed by atoms with Crippen LogP contribution < -0.4 is 5.32 Å². The van der Waals surface area contributed by atoms with Gasteiger partial charge in [0, 0.05) is 11.4 Å². The number of carbonyl (C=O) groups excluding carboxylic acids is 1. The van der Waals surface area contributed by atoms with Gasteiger partial charge in [-0.05, 0) is 36.6 Å². The number of halogens is 2. The molecule has 1 aromatic rings. The lowest BCUT2D eigenvalue weighted by Gasteiger charge is -2.09. The van der Waals surface area contributed by atoms with Crippen LogP contribution in [0, 0.1) is 12.8 Å². The first-order valence-electron chi connectivity index (χ1n) is 5.25. The van der Waals surface area contributed by atoms with Crippen LogP contribution in [0.25, 0.3) is 0 Å². The number of alkyl halides is 1. The van der Waals surface area contributed by atoms with Crippen LogP contribution in [0.4, 0.5) is 0 Å². The van der Waals surface area contributed by atoms with Crippen molar-refractivity contribution in [3.05, 3.63) is 20.8 Å². The molecule has 5 heteroatoms. The van der Waals surface area contributed by atoms with Gasteiger partial charge in [-0.25, -0.2) is 0 Å². The van der Waals surface area contributed by atoms with Gasteiger partial charge in [-0.1, -0.05) is 27.5 Å². The van der Waals surface area contributed by atoms with Crippen LogP contribution in [0.3, 0.4) is 0 Å². The van der Waals surface area contributed by atoms with Crippen LogP contribution in [0.15, 0.2) is 5.38 Å². The Labute approximate surface area is 113 Å². The highest BCUT2D eigenvalue weighted by atomic mass is 79.9. The van der Waals surface area contributed by atoms with Crippen molar-refractivity contribution in [3.63, 3.8) is 0 Å². The third-order valence-electron chi connectivity index (χ3n) is 2.70. The summed E-state index contributed by atoms with van der Waals surface area (Å²) < 4.78 is 0. The predicted molar refractivity (Wildman–Crippen MR) is 71.8 cm³/mol. The second kappa shape index (κ2) is 5.07. The van der Waals surface area contributed by atoms with Gasteiger partial charge in [-0.2, -0.15) is 0 Å². The van der Waals surface area contributed by atoms with Gasteiger partial charge in [-0.3, -0.25) is 4.79 Å². The first-order valence-corrected chi connectivity index (χ1v) is 7.42. The molecule has 16 heavy (non-hydrogen) atoms. The smallest absolute Gasteiger partial charge is 0.262 e. The maximum atomic E-state index is 11.8. The fourth-order valence-electron chi connectivity index (χ4n) is 1.48. The molecule has 1 heterocycles. The monoisotopic (exact) mass is 321 g/mol. The quantitative estimate of drug-likeness (QED) is 0.843. The summed E-state index contributed by atoms with van der Waals surface area (Å²) in [4.78, 5) is 12.8. The molecule has 0 aliphatic heterocycles. The highest BCUT2D eigenvalue weighted by molar-refractivity contribution is 9.09. The number of hydrogen-bond donors (Lipinski definition) is 1. The number of nitrogens with one attached hydrogen (secondary N) is 1.